The van der Waals surface area contributed by atoms with E-state index < -0.39 is 9.84 Å². The van der Waals surface area contributed by atoms with Crippen molar-refractivity contribution in [3.63, 3.8) is 0 Å². The van der Waals surface area contributed by atoms with E-state index in [1.165, 1.54) is 0 Å². The molecule has 0 spiro atoms. The van der Waals surface area contributed by atoms with E-state index in [2.05, 4.69) is 5.32 Å². The molecular formula is C12H21NO3S. The fraction of sp³-hybridized carbons (Fsp3) is 0.667. The van der Waals surface area contributed by atoms with E-state index in [1.54, 1.807) is 6.07 Å². The van der Waals surface area contributed by atoms with Crippen molar-refractivity contribution in [2.24, 2.45) is 5.92 Å². The van der Waals surface area contributed by atoms with Gasteiger partial charge in [-0.1, -0.05) is 20.8 Å². The molecule has 0 aromatic carbocycles. The van der Waals surface area contributed by atoms with Crippen LogP contribution in [0.25, 0.3) is 0 Å². The largest absolute Gasteiger partial charge is 0.464 e. The van der Waals surface area contributed by atoms with Crippen LogP contribution in [-0.4, -0.2) is 20.7 Å². The molecule has 0 aliphatic rings. The Hall–Kier alpha value is -0.810. The minimum Gasteiger partial charge on any atom is -0.464 e. The van der Waals surface area contributed by atoms with Crippen LogP contribution in [-0.2, 0) is 22.1 Å². The van der Waals surface area contributed by atoms with Gasteiger partial charge in [-0.05, 0) is 24.6 Å². The quantitative estimate of drug-likeness (QED) is 0.813. The molecule has 0 atom stereocenters. The Balaban J connectivity index is 2.59. The summed E-state index contributed by atoms with van der Waals surface area (Å²) >= 11 is 0. The van der Waals surface area contributed by atoms with Crippen molar-refractivity contribution in [2.45, 2.75) is 33.1 Å². The Morgan fingerprint density at radius 3 is 2.53 bits per heavy atom. The maximum Gasteiger partial charge on any atom is 0.157 e. The number of hydrogen-bond donors (Lipinski definition) is 1. The van der Waals surface area contributed by atoms with Crippen LogP contribution in [0, 0.1) is 5.92 Å². The van der Waals surface area contributed by atoms with Crippen molar-refractivity contribution >= 4 is 9.84 Å². The third-order valence-corrected chi connectivity index (χ3v) is 4.11. The van der Waals surface area contributed by atoms with Crippen molar-refractivity contribution < 1.29 is 12.8 Å². The third-order valence-electron chi connectivity index (χ3n) is 2.22. The molecule has 1 aromatic heterocycles. The minimum absolute atomic E-state index is 0.00267. The minimum atomic E-state index is -3.06. The van der Waals surface area contributed by atoms with Crippen LogP contribution in [0.4, 0.5) is 0 Å². The summed E-state index contributed by atoms with van der Waals surface area (Å²) < 4.78 is 29.0. The Morgan fingerprint density at radius 1 is 1.29 bits per heavy atom. The Morgan fingerprint density at radius 2 is 1.94 bits per heavy atom. The smallest absolute Gasteiger partial charge is 0.157 e. The molecule has 0 fully saturated rings. The lowest BCUT2D eigenvalue weighted by molar-refractivity contribution is 0.459. The first-order valence-electron chi connectivity index (χ1n) is 5.91. The van der Waals surface area contributed by atoms with Gasteiger partial charge in [0.2, 0.25) is 0 Å². The number of nitrogens with one attached hydrogen (secondary N) is 1. The van der Waals surface area contributed by atoms with E-state index >= 15 is 0 Å². The summed E-state index contributed by atoms with van der Waals surface area (Å²) in [6.07, 6.45) is 0. The van der Waals surface area contributed by atoms with Crippen molar-refractivity contribution in [2.75, 3.05) is 12.3 Å². The van der Waals surface area contributed by atoms with Gasteiger partial charge in [0.15, 0.2) is 9.84 Å². The van der Waals surface area contributed by atoms with Gasteiger partial charge >= 0.3 is 0 Å². The first-order valence-corrected chi connectivity index (χ1v) is 7.74. The van der Waals surface area contributed by atoms with Gasteiger partial charge in [0.25, 0.3) is 0 Å². The van der Waals surface area contributed by atoms with Gasteiger partial charge < -0.3 is 9.73 Å². The highest BCUT2D eigenvalue weighted by atomic mass is 32.2. The molecule has 1 heterocycles. The molecule has 0 aliphatic carbocycles. The molecule has 0 saturated heterocycles. The summed E-state index contributed by atoms with van der Waals surface area (Å²) in [5.41, 5.74) is 0. The van der Waals surface area contributed by atoms with Crippen LogP contribution in [0.3, 0.4) is 0 Å². The lowest BCUT2D eigenvalue weighted by atomic mass is 10.3. The molecule has 0 unspecified atom stereocenters. The van der Waals surface area contributed by atoms with Gasteiger partial charge in [0, 0.05) is 0 Å². The summed E-state index contributed by atoms with van der Waals surface area (Å²) in [7, 11) is -3.06. The van der Waals surface area contributed by atoms with Gasteiger partial charge in [-0.15, -0.1) is 0 Å². The lowest BCUT2D eigenvalue weighted by Crippen LogP contribution is -2.13. The molecule has 98 valence electrons. The average molecular weight is 259 g/mol. The number of rotatable bonds is 7. The van der Waals surface area contributed by atoms with Gasteiger partial charge in [-0.3, -0.25) is 0 Å². The molecule has 0 radical (unpaired) electrons. The van der Waals surface area contributed by atoms with E-state index in [4.69, 9.17) is 4.42 Å². The molecule has 1 rings (SSSR count). The highest BCUT2D eigenvalue weighted by Gasteiger charge is 2.16. The topological polar surface area (TPSA) is 59.3 Å². The molecule has 0 aliphatic heterocycles. The lowest BCUT2D eigenvalue weighted by Gasteiger charge is -2.05. The first-order chi connectivity index (χ1) is 7.93. The molecule has 1 N–H and O–H groups in total. The second-order valence-corrected chi connectivity index (χ2v) is 6.71. The number of sulfone groups is 1. The Labute approximate surface area is 103 Å². The fourth-order valence-corrected chi connectivity index (χ4v) is 3.35. The molecule has 17 heavy (non-hydrogen) atoms. The molecule has 0 saturated carbocycles. The Bertz CT molecular complexity index is 434. The maximum atomic E-state index is 11.8. The zero-order valence-corrected chi connectivity index (χ0v) is 11.5. The van der Waals surface area contributed by atoms with Crippen LogP contribution in [0.15, 0.2) is 16.5 Å². The van der Waals surface area contributed by atoms with Crippen molar-refractivity contribution in [1.82, 2.24) is 5.32 Å². The van der Waals surface area contributed by atoms with Crippen LogP contribution in [0.5, 0.6) is 0 Å². The highest BCUT2D eigenvalue weighted by Crippen LogP contribution is 2.13. The molecule has 0 bridgehead atoms. The zero-order valence-electron chi connectivity index (χ0n) is 10.7. The predicted octanol–water partition coefficient (Wildman–Crippen LogP) is 1.96. The van der Waals surface area contributed by atoms with Crippen LogP contribution >= 0.6 is 0 Å². The number of furan rings is 1. The maximum absolute atomic E-state index is 11.8. The van der Waals surface area contributed by atoms with E-state index in [-0.39, 0.29) is 17.4 Å². The Kier molecular flexibility index (Phi) is 5.21. The van der Waals surface area contributed by atoms with E-state index in [0.717, 1.165) is 12.3 Å². The highest BCUT2D eigenvalue weighted by molar-refractivity contribution is 7.90. The second-order valence-electron chi connectivity index (χ2n) is 4.60. The van der Waals surface area contributed by atoms with Gasteiger partial charge in [0.1, 0.15) is 17.3 Å². The van der Waals surface area contributed by atoms with Crippen molar-refractivity contribution in [3.8, 4) is 0 Å². The summed E-state index contributed by atoms with van der Waals surface area (Å²) in [5.74, 6) is 1.66. The standard InChI is InChI=1S/C12H21NO3S/c1-4-13-7-11-5-6-12(16-11)9-17(14,15)8-10(2)3/h5-6,10,13H,4,7-9H2,1-3H3. The molecule has 5 heteroatoms. The van der Waals surface area contributed by atoms with Crippen LogP contribution in [0.1, 0.15) is 32.3 Å². The number of hydrogen-bond acceptors (Lipinski definition) is 4. The average Bonchev–Trinajstić information content (AvgIpc) is 2.59. The van der Waals surface area contributed by atoms with Crippen molar-refractivity contribution in [3.05, 3.63) is 23.7 Å². The predicted molar refractivity (Wildman–Crippen MR) is 68.4 cm³/mol. The summed E-state index contributed by atoms with van der Waals surface area (Å²) in [5, 5.41) is 3.13. The molecule has 1 aromatic rings. The first kappa shape index (κ1) is 14.3. The van der Waals surface area contributed by atoms with E-state index in [9.17, 15) is 8.42 Å². The zero-order chi connectivity index (χ0) is 12.9. The van der Waals surface area contributed by atoms with Crippen LogP contribution < -0.4 is 5.32 Å². The normalized spacial score (nSPS) is 12.2. The van der Waals surface area contributed by atoms with Gasteiger partial charge in [-0.25, -0.2) is 8.42 Å². The van der Waals surface area contributed by atoms with Gasteiger partial charge in [-0.2, -0.15) is 0 Å². The van der Waals surface area contributed by atoms with E-state index in [0.29, 0.717) is 12.3 Å². The van der Waals surface area contributed by atoms with Gasteiger partial charge in [0.05, 0.1) is 12.3 Å². The van der Waals surface area contributed by atoms with E-state index in [1.807, 2.05) is 26.8 Å². The second kappa shape index (κ2) is 6.21. The summed E-state index contributed by atoms with van der Waals surface area (Å²) in [6.45, 7) is 7.31. The van der Waals surface area contributed by atoms with Crippen molar-refractivity contribution in [1.29, 1.82) is 0 Å². The van der Waals surface area contributed by atoms with Crippen LogP contribution in [0.2, 0.25) is 0 Å². The summed E-state index contributed by atoms with van der Waals surface area (Å²) in [4.78, 5) is 0. The molecule has 4 nitrogen and oxygen atoms in total. The monoisotopic (exact) mass is 259 g/mol. The molecule has 0 amide bonds. The SMILES string of the molecule is CCNCc1ccc(CS(=O)(=O)CC(C)C)o1. The summed E-state index contributed by atoms with van der Waals surface area (Å²) in [6, 6.07) is 3.56. The third kappa shape index (κ3) is 5.37. The fourth-order valence-electron chi connectivity index (χ4n) is 1.63. The molecular weight excluding hydrogens is 238 g/mol.